The average Bonchev–Trinajstić information content (AvgIpc) is 2.74. The molecule has 2 aromatic rings. The number of piperidine rings is 1. The maximum Gasteiger partial charge on any atom is 0.191 e. The molecule has 27 heavy (non-hydrogen) atoms. The Kier molecular flexibility index (Phi) is 7.54. The van der Waals surface area contributed by atoms with Crippen LogP contribution in [0.2, 0.25) is 0 Å². The summed E-state index contributed by atoms with van der Waals surface area (Å²) in [5.74, 6) is 0.858. The maximum atomic E-state index is 5.72. The zero-order chi connectivity index (χ0) is 18.7. The Morgan fingerprint density at radius 3 is 2.37 bits per heavy atom. The van der Waals surface area contributed by atoms with Crippen molar-refractivity contribution in [2.24, 2.45) is 4.99 Å². The van der Waals surface area contributed by atoms with Gasteiger partial charge in [-0.3, -0.25) is 4.99 Å². The Labute approximate surface area is 162 Å². The van der Waals surface area contributed by atoms with Gasteiger partial charge in [-0.1, -0.05) is 48.5 Å². The lowest BCUT2D eigenvalue weighted by Crippen LogP contribution is -2.49. The van der Waals surface area contributed by atoms with Gasteiger partial charge >= 0.3 is 0 Å². The van der Waals surface area contributed by atoms with Crippen LogP contribution >= 0.6 is 0 Å². The van der Waals surface area contributed by atoms with E-state index in [0.29, 0.717) is 19.3 Å². The molecule has 1 heterocycles. The van der Waals surface area contributed by atoms with E-state index in [1.54, 1.807) is 0 Å². The highest BCUT2D eigenvalue weighted by molar-refractivity contribution is 5.80. The van der Waals surface area contributed by atoms with E-state index in [-0.39, 0.29) is 0 Å². The van der Waals surface area contributed by atoms with Gasteiger partial charge in [-0.2, -0.15) is 0 Å². The van der Waals surface area contributed by atoms with Crippen LogP contribution in [-0.2, 0) is 11.3 Å². The summed E-state index contributed by atoms with van der Waals surface area (Å²) < 4.78 is 5.72. The van der Waals surface area contributed by atoms with Gasteiger partial charge in [0.15, 0.2) is 5.96 Å². The Bertz CT molecular complexity index is 682. The second-order valence-corrected chi connectivity index (χ2v) is 6.78. The van der Waals surface area contributed by atoms with Crippen molar-refractivity contribution in [2.45, 2.75) is 25.5 Å². The van der Waals surface area contributed by atoms with Crippen LogP contribution in [0, 0.1) is 0 Å². The third kappa shape index (κ3) is 6.29. The van der Waals surface area contributed by atoms with E-state index in [9.17, 15) is 0 Å². The second kappa shape index (κ2) is 10.6. The summed E-state index contributed by atoms with van der Waals surface area (Å²) in [7, 11) is 1.82. The molecular weight excluding hydrogens is 336 g/mol. The van der Waals surface area contributed by atoms with Crippen LogP contribution in [0.5, 0.6) is 0 Å². The number of nitrogens with one attached hydrogen (secondary N) is 2. The van der Waals surface area contributed by atoms with Crippen LogP contribution in [-0.4, -0.2) is 45.3 Å². The van der Waals surface area contributed by atoms with Gasteiger partial charge < -0.3 is 20.3 Å². The molecule has 5 heteroatoms. The third-order valence-corrected chi connectivity index (χ3v) is 4.83. The predicted molar refractivity (Wildman–Crippen MR) is 112 cm³/mol. The van der Waals surface area contributed by atoms with Gasteiger partial charge in [0.05, 0.1) is 13.2 Å². The number of rotatable bonds is 7. The Balaban J connectivity index is 1.32. The quantitative estimate of drug-likeness (QED) is 0.449. The topological polar surface area (TPSA) is 48.9 Å². The number of para-hydroxylation sites is 1. The van der Waals surface area contributed by atoms with Gasteiger partial charge in [0, 0.05) is 38.4 Å². The number of guanidine groups is 1. The molecule has 1 saturated heterocycles. The fourth-order valence-corrected chi connectivity index (χ4v) is 3.31. The molecule has 0 radical (unpaired) electrons. The summed E-state index contributed by atoms with van der Waals surface area (Å²) in [6.07, 6.45) is 2.22. The molecule has 0 unspecified atom stereocenters. The summed E-state index contributed by atoms with van der Waals surface area (Å²) in [5.41, 5.74) is 2.51. The molecule has 1 fully saturated rings. The molecule has 3 rings (SSSR count). The molecule has 0 saturated carbocycles. The SMILES string of the molecule is CN=C(NCCOCc1ccccc1)NC1CCN(c2ccccc2)CC1. The highest BCUT2D eigenvalue weighted by Crippen LogP contribution is 2.19. The molecule has 5 nitrogen and oxygen atoms in total. The molecular formula is C22H30N4O. The highest BCUT2D eigenvalue weighted by Gasteiger charge is 2.19. The van der Waals surface area contributed by atoms with Crippen molar-refractivity contribution in [1.29, 1.82) is 0 Å². The molecule has 0 aromatic heterocycles. The van der Waals surface area contributed by atoms with Crippen LogP contribution in [0.15, 0.2) is 65.7 Å². The minimum absolute atomic E-state index is 0.460. The number of ether oxygens (including phenoxy) is 1. The summed E-state index contributed by atoms with van der Waals surface area (Å²) in [5, 5.41) is 6.89. The number of benzene rings is 2. The Morgan fingerprint density at radius 1 is 1.04 bits per heavy atom. The first-order chi connectivity index (χ1) is 13.3. The molecule has 2 aromatic carbocycles. The Hall–Kier alpha value is -2.53. The van der Waals surface area contributed by atoms with E-state index >= 15 is 0 Å². The molecule has 0 atom stereocenters. The van der Waals surface area contributed by atoms with Gasteiger partial charge in [-0.05, 0) is 30.5 Å². The molecule has 144 valence electrons. The van der Waals surface area contributed by atoms with E-state index in [2.05, 4.69) is 63.0 Å². The van der Waals surface area contributed by atoms with Crippen LogP contribution in [0.25, 0.3) is 0 Å². The summed E-state index contributed by atoms with van der Waals surface area (Å²) in [6, 6.07) is 21.3. The van der Waals surface area contributed by atoms with Crippen molar-refractivity contribution >= 4 is 11.6 Å². The van der Waals surface area contributed by atoms with Crippen molar-refractivity contribution in [2.75, 3.05) is 38.2 Å². The first kappa shape index (κ1) is 19.2. The van der Waals surface area contributed by atoms with Crippen LogP contribution in [0.4, 0.5) is 5.69 Å². The van der Waals surface area contributed by atoms with Crippen LogP contribution in [0.3, 0.4) is 0 Å². The number of hydrogen-bond acceptors (Lipinski definition) is 3. The predicted octanol–water partition coefficient (Wildman–Crippen LogP) is 3.04. The molecule has 0 amide bonds. The van der Waals surface area contributed by atoms with Gasteiger partial charge in [0.1, 0.15) is 0 Å². The standard InChI is InChI=1S/C22H30N4O/c1-23-22(24-14-17-27-18-19-8-4-2-5-9-19)25-20-12-15-26(16-13-20)21-10-6-3-7-11-21/h2-11,20H,12-18H2,1H3,(H2,23,24,25). The zero-order valence-electron chi connectivity index (χ0n) is 16.1. The lowest BCUT2D eigenvalue weighted by molar-refractivity contribution is 0.125. The lowest BCUT2D eigenvalue weighted by Gasteiger charge is -2.34. The molecule has 1 aliphatic rings. The van der Waals surface area contributed by atoms with E-state index in [1.165, 1.54) is 11.3 Å². The minimum atomic E-state index is 0.460. The number of anilines is 1. The molecule has 0 aliphatic carbocycles. The Morgan fingerprint density at radius 2 is 1.70 bits per heavy atom. The van der Waals surface area contributed by atoms with Crippen molar-refractivity contribution in [3.05, 3.63) is 66.2 Å². The lowest BCUT2D eigenvalue weighted by atomic mass is 10.0. The molecule has 0 spiro atoms. The molecule has 0 bridgehead atoms. The van der Waals surface area contributed by atoms with Crippen molar-refractivity contribution in [3.8, 4) is 0 Å². The number of nitrogens with zero attached hydrogens (tertiary/aromatic N) is 2. The fourth-order valence-electron chi connectivity index (χ4n) is 3.31. The fraction of sp³-hybridized carbons (Fsp3) is 0.409. The van der Waals surface area contributed by atoms with Gasteiger partial charge in [0.2, 0.25) is 0 Å². The van der Waals surface area contributed by atoms with Gasteiger partial charge in [-0.15, -0.1) is 0 Å². The number of hydrogen-bond donors (Lipinski definition) is 2. The van der Waals surface area contributed by atoms with E-state index in [1.807, 2.05) is 25.2 Å². The van der Waals surface area contributed by atoms with Gasteiger partial charge in [0.25, 0.3) is 0 Å². The first-order valence-electron chi connectivity index (χ1n) is 9.74. The molecule has 1 aliphatic heterocycles. The summed E-state index contributed by atoms with van der Waals surface area (Å²) in [4.78, 5) is 6.79. The largest absolute Gasteiger partial charge is 0.375 e. The number of aliphatic imine (C=N–C) groups is 1. The van der Waals surface area contributed by atoms with Crippen molar-refractivity contribution in [1.82, 2.24) is 10.6 Å². The normalized spacial score (nSPS) is 15.6. The monoisotopic (exact) mass is 366 g/mol. The third-order valence-electron chi connectivity index (χ3n) is 4.83. The van der Waals surface area contributed by atoms with Crippen LogP contribution in [0.1, 0.15) is 18.4 Å². The second-order valence-electron chi connectivity index (χ2n) is 6.78. The maximum absolute atomic E-state index is 5.72. The molecule has 2 N–H and O–H groups in total. The first-order valence-corrected chi connectivity index (χ1v) is 9.74. The minimum Gasteiger partial charge on any atom is -0.375 e. The van der Waals surface area contributed by atoms with Crippen LogP contribution < -0.4 is 15.5 Å². The van der Waals surface area contributed by atoms with Gasteiger partial charge in [-0.25, -0.2) is 0 Å². The van der Waals surface area contributed by atoms with E-state index in [4.69, 9.17) is 4.74 Å². The smallest absolute Gasteiger partial charge is 0.191 e. The average molecular weight is 367 g/mol. The highest BCUT2D eigenvalue weighted by atomic mass is 16.5. The zero-order valence-corrected chi connectivity index (χ0v) is 16.1. The summed E-state index contributed by atoms with van der Waals surface area (Å²) in [6.45, 7) is 4.18. The van der Waals surface area contributed by atoms with Crippen molar-refractivity contribution in [3.63, 3.8) is 0 Å². The van der Waals surface area contributed by atoms with E-state index in [0.717, 1.165) is 38.4 Å². The van der Waals surface area contributed by atoms with Crippen molar-refractivity contribution < 1.29 is 4.74 Å². The van der Waals surface area contributed by atoms with E-state index < -0.39 is 0 Å². The summed E-state index contributed by atoms with van der Waals surface area (Å²) >= 11 is 0.